The Bertz CT molecular complexity index is 733. The van der Waals surface area contributed by atoms with Gasteiger partial charge in [0, 0.05) is 18.4 Å². The van der Waals surface area contributed by atoms with E-state index in [-0.39, 0.29) is 11.0 Å². The largest absolute Gasteiger partial charge is 0.494 e. The number of anilines is 1. The highest BCUT2D eigenvalue weighted by molar-refractivity contribution is 7.80. The number of carbonyl (C=O) groups is 1. The molecular formula is C20H24N2O4S. The highest BCUT2D eigenvalue weighted by Crippen LogP contribution is 2.16. The Morgan fingerprint density at radius 1 is 0.926 bits per heavy atom. The van der Waals surface area contributed by atoms with Crippen molar-refractivity contribution in [2.24, 2.45) is 0 Å². The number of benzene rings is 2. The van der Waals surface area contributed by atoms with E-state index in [0.717, 1.165) is 23.6 Å². The summed E-state index contributed by atoms with van der Waals surface area (Å²) in [5.41, 5.74) is 1.26. The van der Waals surface area contributed by atoms with Gasteiger partial charge in [-0.25, -0.2) is 0 Å². The third kappa shape index (κ3) is 7.24. The van der Waals surface area contributed by atoms with Gasteiger partial charge in [-0.1, -0.05) is 6.92 Å². The lowest BCUT2D eigenvalue weighted by molar-refractivity contribution is 0.0977. The van der Waals surface area contributed by atoms with Crippen molar-refractivity contribution in [1.82, 2.24) is 5.32 Å². The molecule has 0 aliphatic rings. The lowest BCUT2D eigenvalue weighted by Crippen LogP contribution is -2.34. The van der Waals surface area contributed by atoms with Gasteiger partial charge in [-0.05, 0) is 67.2 Å². The lowest BCUT2D eigenvalue weighted by atomic mass is 10.2. The predicted octanol–water partition coefficient (Wildman–Crippen LogP) is 3.63. The van der Waals surface area contributed by atoms with Gasteiger partial charge < -0.3 is 19.5 Å². The molecule has 0 atom stereocenters. The van der Waals surface area contributed by atoms with Crippen molar-refractivity contribution in [1.29, 1.82) is 0 Å². The summed E-state index contributed by atoms with van der Waals surface area (Å²) in [5, 5.41) is 5.85. The summed E-state index contributed by atoms with van der Waals surface area (Å²) in [6, 6.07) is 14.2. The minimum Gasteiger partial charge on any atom is -0.494 e. The topological polar surface area (TPSA) is 68.8 Å². The second-order valence-electron chi connectivity index (χ2n) is 5.65. The number of ether oxygens (including phenoxy) is 3. The number of rotatable bonds is 9. The van der Waals surface area contributed by atoms with Gasteiger partial charge >= 0.3 is 0 Å². The average Bonchev–Trinajstić information content (AvgIpc) is 2.68. The highest BCUT2D eigenvalue weighted by atomic mass is 32.1. The monoisotopic (exact) mass is 388 g/mol. The van der Waals surface area contributed by atoms with Crippen molar-refractivity contribution in [3.05, 3.63) is 54.1 Å². The number of amides is 1. The Hall–Kier alpha value is -2.64. The zero-order valence-electron chi connectivity index (χ0n) is 15.5. The molecule has 0 unspecified atom stereocenters. The van der Waals surface area contributed by atoms with Crippen molar-refractivity contribution in [2.45, 2.75) is 13.3 Å². The maximum absolute atomic E-state index is 12.3. The molecule has 0 bridgehead atoms. The molecule has 0 aliphatic heterocycles. The number of methoxy groups -OCH3 is 1. The smallest absolute Gasteiger partial charge is 0.257 e. The first-order chi connectivity index (χ1) is 13.1. The van der Waals surface area contributed by atoms with Crippen molar-refractivity contribution in [3.63, 3.8) is 0 Å². The second kappa shape index (κ2) is 11.2. The molecule has 1 amide bonds. The van der Waals surface area contributed by atoms with Crippen LogP contribution >= 0.6 is 12.2 Å². The van der Waals surface area contributed by atoms with E-state index in [4.69, 9.17) is 26.4 Å². The summed E-state index contributed by atoms with van der Waals surface area (Å²) < 4.78 is 15.9. The van der Waals surface area contributed by atoms with Gasteiger partial charge in [0.15, 0.2) is 5.11 Å². The Morgan fingerprint density at radius 2 is 1.52 bits per heavy atom. The normalized spacial score (nSPS) is 10.1. The predicted molar refractivity (Wildman–Crippen MR) is 110 cm³/mol. The van der Waals surface area contributed by atoms with Gasteiger partial charge in [-0.3, -0.25) is 10.1 Å². The molecule has 0 spiro atoms. The first-order valence-corrected chi connectivity index (χ1v) is 9.10. The molecule has 0 fully saturated rings. The van der Waals surface area contributed by atoms with Crippen LogP contribution in [0.3, 0.4) is 0 Å². The zero-order valence-corrected chi connectivity index (χ0v) is 16.3. The summed E-state index contributed by atoms with van der Waals surface area (Å²) in [4.78, 5) is 12.3. The maximum Gasteiger partial charge on any atom is 0.257 e. The molecular weight excluding hydrogens is 364 g/mol. The molecule has 0 saturated heterocycles. The van der Waals surface area contributed by atoms with Gasteiger partial charge in [-0.2, -0.15) is 0 Å². The molecule has 7 heteroatoms. The summed E-state index contributed by atoms with van der Waals surface area (Å²) >= 11 is 5.20. The fourth-order valence-electron chi connectivity index (χ4n) is 2.14. The van der Waals surface area contributed by atoms with Crippen LogP contribution in [0.4, 0.5) is 5.69 Å². The van der Waals surface area contributed by atoms with E-state index in [1.165, 1.54) is 0 Å². The molecule has 0 radical (unpaired) electrons. The van der Waals surface area contributed by atoms with Crippen molar-refractivity contribution in [2.75, 3.05) is 32.2 Å². The molecule has 2 rings (SSSR count). The average molecular weight is 388 g/mol. The van der Waals surface area contributed by atoms with Crippen LogP contribution in [0.5, 0.6) is 11.5 Å². The number of nitrogens with one attached hydrogen (secondary N) is 2. The van der Waals surface area contributed by atoms with Gasteiger partial charge in [0.05, 0.1) is 13.2 Å². The number of hydrogen-bond donors (Lipinski definition) is 2. The van der Waals surface area contributed by atoms with Gasteiger partial charge in [0.2, 0.25) is 0 Å². The van der Waals surface area contributed by atoms with Crippen LogP contribution in [0.15, 0.2) is 48.5 Å². The zero-order chi connectivity index (χ0) is 19.5. The van der Waals surface area contributed by atoms with Gasteiger partial charge in [0.25, 0.3) is 5.91 Å². The molecule has 144 valence electrons. The molecule has 0 aliphatic carbocycles. The van der Waals surface area contributed by atoms with Crippen molar-refractivity contribution < 1.29 is 19.0 Å². The molecule has 0 heterocycles. The fourth-order valence-corrected chi connectivity index (χ4v) is 2.35. The van der Waals surface area contributed by atoms with E-state index in [1.807, 2.05) is 31.2 Å². The van der Waals surface area contributed by atoms with E-state index in [9.17, 15) is 4.79 Å². The Balaban J connectivity index is 1.83. The Morgan fingerprint density at radius 3 is 2.11 bits per heavy atom. The van der Waals surface area contributed by atoms with Crippen LogP contribution in [-0.4, -0.2) is 38.0 Å². The molecule has 27 heavy (non-hydrogen) atoms. The summed E-state index contributed by atoms with van der Waals surface area (Å²) in [6.45, 7) is 3.70. The molecule has 6 nitrogen and oxygen atoms in total. The third-order valence-electron chi connectivity index (χ3n) is 3.48. The van der Waals surface area contributed by atoms with Crippen LogP contribution in [-0.2, 0) is 4.74 Å². The molecule has 0 saturated carbocycles. The van der Waals surface area contributed by atoms with Crippen LogP contribution in [0.2, 0.25) is 0 Å². The van der Waals surface area contributed by atoms with Crippen molar-refractivity contribution in [3.8, 4) is 11.5 Å². The van der Waals surface area contributed by atoms with Crippen molar-refractivity contribution >= 4 is 28.9 Å². The number of thiocarbonyl (C=S) groups is 1. The van der Waals surface area contributed by atoms with E-state index >= 15 is 0 Å². The van der Waals surface area contributed by atoms with Gasteiger partial charge in [-0.15, -0.1) is 0 Å². The highest BCUT2D eigenvalue weighted by Gasteiger charge is 2.08. The summed E-state index contributed by atoms with van der Waals surface area (Å²) in [5.74, 6) is 1.19. The quantitative estimate of drug-likeness (QED) is 0.505. The SMILES string of the molecule is CCCOc1ccc(C(=O)NC(=S)Nc2ccc(OCCOC)cc2)cc1. The fraction of sp³-hybridized carbons (Fsp3) is 0.300. The van der Waals surface area contributed by atoms with Crippen LogP contribution in [0.25, 0.3) is 0 Å². The summed E-state index contributed by atoms with van der Waals surface area (Å²) in [6.07, 6.45) is 0.933. The van der Waals surface area contributed by atoms with E-state index in [0.29, 0.717) is 25.4 Å². The molecule has 2 aromatic rings. The minimum absolute atomic E-state index is 0.222. The van der Waals surface area contributed by atoms with Gasteiger partial charge in [0.1, 0.15) is 18.1 Å². The molecule has 0 aromatic heterocycles. The standard InChI is InChI=1S/C20H24N2O4S/c1-3-12-25-17-8-4-15(5-9-17)19(23)22-20(27)21-16-6-10-18(11-7-16)26-14-13-24-2/h4-11H,3,12-14H2,1-2H3,(H2,21,22,23,27). The maximum atomic E-state index is 12.3. The first kappa shape index (κ1) is 20.7. The number of carbonyl (C=O) groups excluding carboxylic acids is 1. The van der Waals surface area contributed by atoms with Crippen LogP contribution < -0.4 is 20.1 Å². The first-order valence-electron chi connectivity index (χ1n) is 8.69. The second-order valence-corrected chi connectivity index (χ2v) is 6.05. The third-order valence-corrected chi connectivity index (χ3v) is 3.69. The van der Waals surface area contributed by atoms with Crippen LogP contribution in [0, 0.1) is 0 Å². The Labute approximate surface area is 164 Å². The van der Waals surface area contributed by atoms with E-state index in [2.05, 4.69) is 10.6 Å². The summed E-state index contributed by atoms with van der Waals surface area (Å²) in [7, 11) is 1.63. The molecule has 2 aromatic carbocycles. The van der Waals surface area contributed by atoms with Crippen LogP contribution in [0.1, 0.15) is 23.7 Å². The van der Waals surface area contributed by atoms with E-state index in [1.54, 1.807) is 31.4 Å². The Kier molecular flexibility index (Phi) is 8.54. The lowest BCUT2D eigenvalue weighted by Gasteiger charge is -2.11. The van der Waals surface area contributed by atoms with E-state index < -0.39 is 0 Å². The number of hydrogen-bond acceptors (Lipinski definition) is 5. The minimum atomic E-state index is -0.283. The molecule has 2 N–H and O–H groups in total.